The minimum absolute atomic E-state index is 0.138. The molecule has 2 saturated heterocycles. The number of nitrogens with zero attached hydrogens (tertiary/aromatic N) is 3. The smallest absolute Gasteiger partial charge is 0.254 e. The molecule has 21 heavy (non-hydrogen) atoms. The van der Waals surface area contributed by atoms with E-state index < -0.39 is 0 Å². The van der Waals surface area contributed by atoms with Crippen molar-refractivity contribution in [3.05, 3.63) is 23.9 Å². The second-order valence-corrected chi connectivity index (χ2v) is 5.85. The summed E-state index contributed by atoms with van der Waals surface area (Å²) in [6.07, 6.45) is 5.18. The van der Waals surface area contributed by atoms with Crippen molar-refractivity contribution in [1.29, 1.82) is 0 Å². The van der Waals surface area contributed by atoms with Gasteiger partial charge in [0.25, 0.3) is 5.91 Å². The molecule has 2 aliphatic heterocycles. The van der Waals surface area contributed by atoms with Crippen molar-refractivity contribution in [1.82, 2.24) is 9.88 Å². The van der Waals surface area contributed by atoms with Gasteiger partial charge in [-0.2, -0.15) is 0 Å². The van der Waals surface area contributed by atoms with Gasteiger partial charge in [0.2, 0.25) is 0 Å². The Kier molecular flexibility index (Phi) is 4.39. The summed E-state index contributed by atoms with van der Waals surface area (Å²) in [6, 6.07) is 4.09. The van der Waals surface area contributed by atoms with Crippen LogP contribution in [0.15, 0.2) is 18.3 Å². The molecule has 1 atom stereocenters. The van der Waals surface area contributed by atoms with Crippen LogP contribution in [0, 0.1) is 0 Å². The minimum atomic E-state index is 0.138. The van der Waals surface area contributed by atoms with Crippen molar-refractivity contribution in [3.8, 4) is 0 Å². The zero-order valence-corrected chi connectivity index (χ0v) is 12.6. The Morgan fingerprint density at radius 1 is 1.29 bits per heavy atom. The maximum atomic E-state index is 12.7. The van der Waals surface area contributed by atoms with Crippen LogP contribution >= 0.6 is 0 Å². The van der Waals surface area contributed by atoms with Crippen LogP contribution in [0.4, 0.5) is 5.82 Å². The fraction of sp³-hybridized carbons (Fsp3) is 0.625. The number of rotatable bonds is 2. The van der Waals surface area contributed by atoms with E-state index in [0.717, 1.165) is 57.1 Å². The van der Waals surface area contributed by atoms with Crippen LogP contribution in [0.2, 0.25) is 0 Å². The molecule has 0 spiro atoms. The van der Waals surface area contributed by atoms with Gasteiger partial charge in [-0.05, 0) is 38.3 Å². The van der Waals surface area contributed by atoms with Gasteiger partial charge >= 0.3 is 0 Å². The molecule has 114 valence electrons. The number of anilines is 1. The molecule has 5 heteroatoms. The molecule has 0 radical (unpaired) electrons. The van der Waals surface area contributed by atoms with E-state index in [2.05, 4.69) is 16.8 Å². The number of carbonyl (C=O) groups excluding carboxylic acids is 1. The van der Waals surface area contributed by atoms with Crippen molar-refractivity contribution >= 4 is 11.7 Å². The molecule has 1 amide bonds. The first-order valence-corrected chi connectivity index (χ1v) is 7.85. The van der Waals surface area contributed by atoms with Gasteiger partial charge in [0.15, 0.2) is 0 Å². The van der Waals surface area contributed by atoms with E-state index in [9.17, 15) is 4.79 Å². The number of likely N-dealkylation sites (tertiary alicyclic amines) is 1. The zero-order valence-electron chi connectivity index (χ0n) is 12.6. The molecule has 0 aromatic carbocycles. The molecule has 0 bridgehead atoms. The standard InChI is InChI=1S/C16H23N3O2/c1-13-4-2-3-7-19(13)16(20)14-5-6-17-15(12-14)18-8-10-21-11-9-18/h5-6,12-13H,2-4,7-11H2,1H3. The lowest BCUT2D eigenvalue weighted by Gasteiger charge is -2.34. The molecule has 0 N–H and O–H groups in total. The summed E-state index contributed by atoms with van der Waals surface area (Å²) in [5, 5.41) is 0. The summed E-state index contributed by atoms with van der Waals surface area (Å²) < 4.78 is 5.36. The lowest BCUT2D eigenvalue weighted by atomic mass is 10.0. The van der Waals surface area contributed by atoms with E-state index in [-0.39, 0.29) is 5.91 Å². The van der Waals surface area contributed by atoms with Crippen molar-refractivity contribution in [2.24, 2.45) is 0 Å². The van der Waals surface area contributed by atoms with Crippen LogP contribution in [0.25, 0.3) is 0 Å². The van der Waals surface area contributed by atoms with E-state index in [1.807, 2.05) is 17.0 Å². The summed E-state index contributed by atoms with van der Waals surface area (Å²) in [6.45, 7) is 6.14. The van der Waals surface area contributed by atoms with Gasteiger partial charge < -0.3 is 14.5 Å². The quantitative estimate of drug-likeness (QED) is 0.834. The first-order chi connectivity index (χ1) is 10.3. The first-order valence-electron chi connectivity index (χ1n) is 7.85. The third kappa shape index (κ3) is 3.18. The van der Waals surface area contributed by atoms with Gasteiger partial charge in [0, 0.05) is 37.4 Å². The highest BCUT2D eigenvalue weighted by Gasteiger charge is 2.25. The Morgan fingerprint density at radius 3 is 2.86 bits per heavy atom. The predicted octanol–water partition coefficient (Wildman–Crippen LogP) is 1.93. The van der Waals surface area contributed by atoms with Gasteiger partial charge in [0.1, 0.15) is 5.82 Å². The van der Waals surface area contributed by atoms with Crippen molar-refractivity contribution < 1.29 is 9.53 Å². The number of hydrogen-bond acceptors (Lipinski definition) is 4. The van der Waals surface area contributed by atoms with Crippen LogP contribution in [-0.2, 0) is 4.74 Å². The molecule has 0 aliphatic carbocycles. The number of carbonyl (C=O) groups is 1. The molecule has 3 rings (SSSR count). The van der Waals surface area contributed by atoms with E-state index in [4.69, 9.17) is 4.74 Å². The van der Waals surface area contributed by atoms with E-state index >= 15 is 0 Å². The number of aromatic nitrogens is 1. The topological polar surface area (TPSA) is 45.7 Å². The van der Waals surface area contributed by atoms with Crippen molar-refractivity contribution in [2.45, 2.75) is 32.2 Å². The fourth-order valence-corrected chi connectivity index (χ4v) is 3.08. The predicted molar refractivity (Wildman–Crippen MR) is 81.6 cm³/mol. The average molecular weight is 289 g/mol. The number of ether oxygens (including phenoxy) is 1. The largest absolute Gasteiger partial charge is 0.378 e. The maximum Gasteiger partial charge on any atom is 0.254 e. The lowest BCUT2D eigenvalue weighted by molar-refractivity contribution is 0.0635. The number of hydrogen-bond donors (Lipinski definition) is 0. The first kappa shape index (κ1) is 14.3. The summed E-state index contributed by atoms with van der Waals surface area (Å²) >= 11 is 0. The molecule has 2 fully saturated rings. The van der Waals surface area contributed by atoms with Crippen LogP contribution < -0.4 is 4.90 Å². The summed E-state index contributed by atoms with van der Waals surface area (Å²) in [5.41, 5.74) is 0.750. The SMILES string of the molecule is CC1CCCCN1C(=O)c1ccnc(N2CCOCC2)c1. The number of amides is 1. The maximum absolute atomic E-state index is 12.7. The molecule has 3 heterocycles. The van der Waals surface area contributed by atoms with Crippen molar-refractivity contribution in [3.63, 3.8) is 0 Å². The summed E-state index contributed by atoms with van der Waals surface area (Å²) in [4.78, 5) is 21.3. The zero-order chi connectivity index (χ0) is 14.7. The van der Waals surface area contributed by atoms with Gasteiger partial charge in [-0.1, -0.05) is 0 Å². The molecule has 1 aromatic rings. The number of piperidine rings is 1. The molecule has 5 nitrogen and oxygen atoms in total. The second-order valence-electron chi connectivity index (χ2n) is 5.85. The Hall–Kier alpha value is -1.62. The third-order valence-corrected chi connectivity index (χ3v) is 4.39. The van der Waals surface area contributed by atoms with Crippen LogP contribution in [0.3, 0.4) is 0 Å². The minimum Gasteiger partial charge on any atom is -0.378 e. The Bertz CT molecular complexity index is 500. The molecule has 2 aliphatic rings. The normalized spacial score (nSPS) is 23.2. The highest BCUT2D eigenvalue weighted by atomic mass is 16.5. The molecular formula is C16H23N3O2. The molecule has 1 unspecified atom stereocenters. The Labute approximate surface area is 125 Å². The Balaban J connectivity index is 1.76. The highest BCUT2D eigenvalue weighted by molar-refractivity contribution is 5.95. The molecule has 1 aromatic heterocycles. The van der Waals surface area contributed by atoms with Crippen LogP contribution in [0.5, 0.6) is 0 Å². The van der Waals surface area contributed by atoms with E-state index in [0.29, 0.717) is 6.04 Å². The van der Waals surface area contributed by atoms with Gasteiger partial charge in [-0.3, -0.25) is 4.79 Å². The number of morpholine rings is 1. The van der Waals surface area contributed by atoms with E-state index in [1.165, 1.54) is 6.42 Å². The average Bonchev–Trinajstić information content (AvgIpc) is 2.56. The fourth-order valence-electron chi connectivity index (χ4n) is 3.08. The lowest BCUT2D eigenvalue weighted by Crippen LogP contribution is -2.42. The molecule has 0 saturated carbocycles. The van der Waals surface area contributed by atoms with Gasteiger partial charge in [0.05, 0.1) is 13.2 Å². The summed E-state index contributed by atoms with van der Waals surface area (Å²) in [7, 11) is 0. The van der Waals surface area contributed by atoms with Crippen LogP contribution in [-0.4, -0.2) is 54.7 Å². The van der Waals surface area contributed by atoms with Crippen LogP contribution in [0.1, 0.15) is 36.5 Å². The molecular weight excluding hydrogens is 266 g/mol. The summed E-state index contributed by atoms with van der Waals surface area (Å²) in [5.74, 6) is 1.02. The Morgan fingerprint density at radius 2 is 2.10 bits per heavy atom. The van der Waals surface area contributed by atoms with Gasteiger partial charge in [-0.15, -0.1) is 0 Å². The monoisotopic (exact) mass is 289 g/mol. The van der Waals surface area contributed by atoms with E-state index in [1.54, 1.807) is 6.20 Å². The number of pyridine rings is 1. The third-order valence-electron chi connectivity index (χ3n) is 4.39. The second kappa shape index (κ2) is 6.43. The van der Waals surface area contributed by atoms with Crippen molar-refractivity contribution in [2.75, 3.05) is 37.7 Å². The van der Waals surface area contributed by atoms with Gasteiger partial charge in [-0.25, -0.2) is 4.98 Å². The highest BCUT2D eigenvalue weighted by Crippen LogP contribution is 2.21.